The van der Waals surface area contributed by atoms with E-state index in [2.05, 4.69) is 0 Å². The second kappa shape index (κ2) is 4.67. The number of carbonyl (C=O) groups excluding carboxylic acids is 1. The van der Waals surface area contributed by atoms with Crippen molar-refractivity contribution < 1.29 is 10.1 Å². The molecule has 0 amide bonds. The van der Waals surface area contributed by atoms with Crippen molar-refractivity contribution in [2.75, 3.05) is 13.6 Å². The van der Waals surface area contributed by atoms with Gasteiger partial charge in [0, 0.05) is 5.56 Å². The molecule has 12 heavy (non-hydrogen) atoms. The van der Waals surface area contributed by atoms with Gasteiger partial charge in [-0.05, 0) is 0 Å². The van der Waals surface area contributed by atoms with Crippen LogP contribution < -0.4 is 5.32 Å². The third-order valence-corrected chi connectivity index (χ3v) is 1.76. The fourth-order valence-electron chi connectivity index (χ4n) is 1.04. The second-order valence-electron chi connectivity index (χ2n) is 2.74. The van der Waals surface area contributed by atoms with Crippen LogP contribution in [-0.4, -0.2) is 19.4 Å². The van der Waals surface area contributed by atoms with Crippen LogP contribution in [0.2, 0.25) is 0 Å². The molecule has 2 nitrogen and oxygen atoms in total. The summed E-state index contributed by atoms with van der Waals surface area (Å²) in [4.78, 5) is 11.4. The van der Waals surface area contributed by atoms with Crippen LogP contribution in [0.4, 0.5) is 0 Å². The summed E-state index contributed by atoms with van der Waals surface area (Å²) in [7, 11) is 1.97. The van der Waals surface area contributed by atoms with Gasteiger partial charge in [0.15, 0.2) is 5.78 Å². The van der Waals surface area contributed by atoms with E-state index in [9.17, 15) is 4.79 Å². The SMILES string of the molecule is C[NH2+]CCC(=O)c1ccccc1. The Morgan fingerprint density at radius 1 is 1.33 bits per heavy atom. The molecule has 0 aliphatic carbocycles. The summed E-state index contributed by atoms with van der Waals surface area (Å²) < 4.78 is 0. The molecule has 1 aromatic carbocycles. The summed E-state index contributed by atoms with van der Waals surface area (Å²) in [5.74, 6) is 0.230. The number of nitrogens with two attached hydrogens (primary N) is 1. The van der Waals surface area contributed by atoms with E-state index in [0.29, 0.717) is 6.42 Å². The molecule has 0 unspecified atom stereocenters. The molecule has 0 radical (unpaired) electrons. The highest BCUT2D eigenvalue weighted by Crippen LogP contribution is 2.01. The van der Waals surface area contributed by atoms with Crippen LogP contribution in [-0.2, 0) is 0 Å². The van der Waals surface area contributed by atoms with E-state index in [0.717, 1.165) is 12.1 Å². The minimum atomic E-state index is 0.230. The smallest absolute Gasteiger partial charge is 0.168 e. The summed E-state index contributed by atoms with van der Waals surface area (Å²) in [5, 5.41) is 2.01. The maximum atomic E-state index is 11.4. The third kappa shape index (κ3) is 2.47. The zero-order valence-corrected chi connectivity index (χ0v) is 7.29. The number of benzene rings is 1. The second-order valence-corrected chi connectivity index (χ2v) is 2.74. The predicted molar refractivity (Wildman–Crippen MR) is 48.1 cm³/mol. The van der Waals surface area contributed by atoms with Crippen molar-refractivity contribution in [3.8, 4) is 0 Å². The van der Waals surface area contributed by atoms with Crippen LogP contribution in [0.5, 0.6) is 0 Å². The molecule has 0 heterocycles. The molecule has 1 aromatic rings. The first kappa shape index (κ1) is 8.94. The van der Waals surface area contributed by atoms with Gasteiger partial charge < -0.3 is 5.32 Å². The number of hydrogen-bond acceptors (Lipinski definition) is 1. The predicted octanol–water partition coefficient (Wildman–Crippen LogP) is 0.453. The number of quaternary nitrogens is 1. The molecule has 64 valence electrons. The number of carbonyl (C=O) groups is 1. The zero-order chi connectivity index (χ0) is 8.81. The first-order valence-electron chi connectivity index (χ1n) is 4.20. The summed E-state index contributed by atoms with van der Waals surface area (Å²) in [6, 6.07) is 9.42. The Hall–Kier alpha value is -1.15. The van der Waals surface area contributed by atoms with Crippen molar-refractivity contribution in [3.05, 3.63) is 35.9 Å². The molecule has 0 fully saturated rings. The Morgan fingerprint density at radius 3 is 2.58 bits per heavy atom. The van der Waals surface area contributed by atoms with Crippen LogP contribution in [0.25, 0.3) is 0 Å². The van der Waals surface area contributed by atoms with Gasteiger partial charge >= 0.3 is 0 Å². The minimum absolute atomic E-state index is 0.230. The maximum absolute atomic E-state index is 11.4. The lowest BCUT2D eigenvalue weighted by Gasteiger charge is -1.97. The molecular weight excluding hydrogens is 150 g/mol. The van der Waals surface area contributed by atoms with Crippen LogP contribution in [0.3, 0.4) is 0 Å². The molecular formula is C10H14NO+. The molecule has 0 spiro atoms. The standard InChI is InChI=1S/C10H13NO/c1-11-8-7-10(12)9-5-3-2-4-6-9/h2-6,11H,7-8H2,1H3/p+1. The van der Waals surface area contributed by atoms with E-state index in [4.69, 9.17) is 0 Å². The van der Waals surface area contributed by atoms with E-state index < -0.39 is 0 Å². The molecule has 0 aliphatic rings. The average molecular weight is 164 g/mol. The average Bonchev–Trinajstić information content (AvgIpc) is 2.15. The Bertz CT molecular complexity index is 243. The lowest BCUT2D eigenvalue weighted by molar-refractivity contribution is -0.625. The summed E-state index contributed by atoms with van der Waals surface area (Å²) in [5.41, 5.74) is 0.819. The quantitative estimate of drug-likeness (QED) is 0.644. The lowest BCUT2D eigenvalue weighted by atomic mass is 10.1. The fraction of sp³-hybridized carbons (Fsp3) is 0.300. The van der Waals surface area contributed by atoms with Crippen molar-refractivity contribution in [1.29, 1.82) is 0 Å². The van der Waals surface area contributed by atoms with Crippen molar-refractivity contribution >= 4 is 5.78 Å². The molecule has 2 N–H and O–H groups in total. The van der Waals surface area contributed by atoms with Gasteiger partial charge in [-0.25, -0.2) is 0 Å². The largest absolute Gasteiger partial charge is 0.348 e. The number of hydrogen-bond donors (Lipinski definition) is 1. The molecule has 0 saturated heterocycles. The number of rotatable bonds is 4. The fourth-order valence-corrected chi connectivity index (χ4v) is 1.04. The summed E-state index contributed by atoms with van der Waals surface area (Å²) in [6.07, 6.45) is 0.626. The van der Waals surface area contributed by atoms with Crippen LogP contribution in [0, 0.1) is 0 Å². The van der Waals surface area contributed by atoms with Crippen LogP contribution in [0.15, 0.2) is 30.3 Å². The van der Waals surface area contributed by atoms with Gasteiger partial charge in [0.1, 0.15) is 0 Å². The van der Waals surface area contributed by atoms with Gasteiger partial charge in [-0.2, -0.15) is 0 Å². The highest BCUT2D eigenvalue weighted by Gasteiger charge is 2.03. The van der Waals surface area contributed by atoms with Crippen molar-refractivity contribution in [2.45, 2.75) is 6.42 Å². The maximum Gasteiger partial charge on any atom is 0.168 e. The van der Waals surface area contributed by atoms with E-state index in [1.807, 2.05) is 42.7 Å². The van der Waals surface area contributed by atoms with Crippen LogP contribution >= 0.6 is 0 Å². The lowest BCUT2D eigenvalue weighted by Crippen LogP contribution is -2.79. The summed E-state index contributed by atoms with van der Waals surface area (Å²) in [6.45, 7) is 0.869. The molecule has 0 bridgehead atoms. The van der Waals surface area contributed by atoms with E-state index in [-0.39, 0.29) is 5.78 Å². The summed E-state index contributed by atoms with van der Waals surface area (Å²) >= 11 is 0. The highest BCUT2D eigenvalue weighted by molar-refractivity contribution is 5.95. The topological polar surface area (TPSA) is 33.7 Å². The monoisotopic (exact) mass is 164 g/mol. The van der Waals surface area contributed by atoms with Gasteiger partial charge in [0.05, 0.1) is 20.0 Å². The van der Waals surface area contributed by atoms with Gasteiger partial charge in [0.2, 0.25) is 0 Å². The first-order chi connectivity index (χ1) is 5.84. The van der Waals surface area contributed by atoms with Gasteiger partial charge in [-0.15, -0.1) is 0 Å². The molecule has 1 rings (SSSR count). The van der Waals surface area contributed by atoms with Crippen molar-refractivity contribution in [1.82, 2.24) is 0 Å². The Balaban J connectivity index is 2.54. The van der Waals surface area contributed by atoms with Gasteiger partial charge in [-0.1, -0.05) is 30.3 Å². The highest BCUT2D eigenvalue weighted by atomic mass is 16.1. The molecule has 0 saturated carbocycles. The molecule has 0 aromatic heterocycles. The third-order valence-electron chi connectivity index (χ3n) is 1.76. The zero-order valence-electron chi connectivity index (χ0n) is 7.29. The number of ketones is 1. The Morgan fingerprint density at radius 2 is 2.00 bits per heavy atom. The first-order valence-corrected chi connectivity index (χ1v) is 4.20. The van der Waals surface area contributed by atoms with Gasteiger partial charge in [0.25, 0.3) is 0 Å². The number of Topliss-reactive ketones (excluding diaryl/α,β-unsaturated/α-hetero) is 1. The van der Waals surface area contributed by atoms with E-state index >= 15 is 0 Å². The van der Waals surface area contributed by atoms with Crippen molar-refractivity contribution in [2.24, 2.45) is 0 Å². The normalized spacial score (nSPS) is 9.75. The molecule has 2 heteroatoms. The Kier molecular flexibility index (Phi) is 3.48. The van der Waals surface area contributed by atoms with Gasteiger partial charge in [-0.3, -0.25) is 4.79 Å². The molecule has 0 aliphatic heterocycles. The van der Waals surface area contributed by atoms with Crippen LogP contribution in [0.1, 0.15) is 16.8 Å². The van der Waals surface area contributed by atoms with E-state index in [1.54, 1.807) is 0 Å². The van der Waals surface area contributed by atoms with E-state index in [1.165, 1.54) is 0 Å². The molecule has 0 atom stereocenters. The Labute approximate surface area is 72.6 Å². The van der Waals surface area contributed by atoms with Crippen molar-refractivity contribution in [3.63, 3.8) is 0 Å². The minimum Gasteiger partial charge on any atom is -0.348 e.